The molecular formula is C14H25N5O2. The minimum absolute atomic E-state index is 0.165. The van der Waals surface area contributed by atoms with Crippen molar-refractivity contribution in [2.75, 3.05) is 51.2 Å². The van der Waals surface area contributed by atoms with E-state index in [1.807, 2.05) is 6.92 Å². The zero-order valence-corrected chi connectivity index (χ0v) is 12.8. The number of nitrogens with zero attached hydrogens (tertiary/aromatic N) is 4. The van der Waals surface area contributed by atoms with Gasteiger partial charge in [-0.2, -0.15) is 5.10 Å². The summed E-state index contributed by atoms with van der Waals surface area (Å²) in [6.45, 7) is 7.24. The van der Waals surface area contributed by atoms with Crippen LogP contribution in [0.1, 0.15) is 6.92 Å². The van der Waals surface area contributed by atoms with Gasteiger partial charge in [-0.3, -0.25) is 4.79 Å². The molecule has 1 aliphatic rings. The molecule has 0 amide bonds. The topological polar surface area (TPSA) is 73.6 Å². The Balaban J connectivity index is 1.99. The van der Waals surface area contributed by atoms with Crippen LogP contribution < -0.4 is 15.8 Å². The molecule has 7 heteroatoms. The highest BCUT2D eigenvalue weighted by atomic mass is 16.3. The molecule has 0 bridgehead atoms. The van der Waals surface area contributed by atoms with Gasteiger partial charge in [-0.15, -0.1) is 0 Å². The van der Waals surface area contributed by atoms with Crippen LogP contribution in [-0.4, -0.2) is 72.2 Å². The average molecular weight is 295 g/mol. The number of anilines is 1. The van der Waals surface area contributed by atoms with Gasteiger partial charge in [0, 0.05) is 38.8 Å². The summed E-state index contributed by atoms with van der Waals surface area (Å²) in [7, 11) is 2.10. The summed E-state index contributed by atoms with van der Waals surface area (Å²) in [6, 6.07) is 1.61. The predicted molar refractivity (Wildman–Crippen MR) is 82.8 cm³/mol. The molecule has 118 valence electrons. The molecule has 1 aliphatic heterocycles. The van der Waals surface area contributed by atoms with Crippen LogP contribution in [0.25, 0.3) is 0 Å². The molecule has 1 aromatic rings. The first-order valence-electron chi connectivity index (χ1n) is 7.49. The van der Waals surface area contributed by atoms with Crippen molar-refractivity contribution in [3.63, 3.8) is 0 Å². The number of likely N-dealkylation sites (N-methyl/N-ethyl adjacent to an activating group) is 2. The van der Waals surface area contributed by atoms with E-state index >= 15 is 0 Å². The number of hydrogen-bond donors (Lipinski definition) is 2. The van der Waals surface area contributed by atoms with E-state index < -0.39 is 6.10 Å². The van der Waals surface area contributed by atoms with E-state index in [0.717, 1.165) is 38.4 Å². The van der Waals surface area contributed by atoms with Crippen LogP contribution in [0, 0.1) is 0 Å². The van der Waals surface area contributed by atoms with Gasteiger partial charge in [0.1, 0.15) is 0 Å². The smallest absolute Gasteiger partial charge is 0.268 e. The van der Waals surface area contributed by atoms with E-state index in [-0.39, 0.29) is 12.1 Å². The molecule has 1 unspecified atom stereocenters. The molecule has 2 rings (SSSR count). The highest BCUT2D eigenvalue weighted by molar-refractivity contribution is 5.43. The highest BCUT2D eigenvalue weighted by Crippen LogP contribution is 2.12. The second-order valence-corrected chi connectivity index (χ2v) is 5.49. The van der Waals surface area contributed by atoms with Crippen molar-refractivity contribution in [2.45, 2.75) is 19.6 Å². The normalized spacial score (nSPS) is 18.0. The van der Waals surface area contributed by atoms with E-state index in [2.05, 4.69) is 27.3 Å². The van der Waals surface area contributed by atoms with Crippen molar-refractivity contribution in [2.24, 2.45) is 0 Å². The van der Waals surface area contributed by atoms with Gasteiger partial charge in [-0.1, -0.05) is 6.92 Å². The minimum Gasteiger partial charge on any atom is -0.390 e. The zero-order valence-electron chi connectivity index (χ0n) is 12.8. The van der Waals surface area contributed by atoms with E-state index in [1.165, 1.54) is 4.68 Å². The van der Waals surface area contributed by atoms with Crippen LogP contribution in [0.3, 0.4) is 0 Å². The van der Waals surface area contributed by atoms with Crippen molar-refractivity contribution < 1.29 is 5.11 Å². The van der Waals surface area contributed by atoms with Gasteiger partial charge in [0.15, 0.2) is 0 Å². The van der Waals surface area contributed by atoms with Crippen LogP contribution in [0.4, 0.5) is 5.69 Å². The van der Waals surface area contributed by atoms with Crippen molar-refractivity contribution in [1.82, 2.24) is 20.0 Å². The third kappa shape index (κ3) is 4.52. The average Bonchev–Trinajstić information content (AvgIpc) is 2.48. The number of aliphatic hydroxyl groups excluding tert-OH is 1. The maximum absolute atomic E-state index is 12.1. The summed E-state index contributed by atoms with van der Waals surface area (Å²) in [5, 5.41) is 17.1. The number of rotatable bonds is 6. The first-order chi connectivity index (χ1) is 10.1. The largest absolute Gasteiger partial charge is 0.390 e. The molecule has 1 aromatic heterocycles. The number of aliphatic hydroxyl groups is 1. The fourth-order valence-corrected chi connectivity index (χ4v) is 2.37. The summed E-state index contributed by atoms with van der Waals surface area (Å²) in [5.41, 5.74) is 0.701. The Labute approximate surface area is 125 Å². The Kier molecular flexibility index (Phi) is 5.72. The number of nitrogens with one attached hydrogen (secondary N) is 1. The molecule has 7 nitrogen and oxygen atoms in total. The third-order valence-corrected chi connectivity index (χ3v) is 3.74. The number of piperazine rings is 1. The van der Waals surface area contributed by atoms with Crippen LogP contribution >= 0.6 is 0 Å². The van der Waals surface area contributed by atoms with E-state index in [0.29, 0.717) is 6.54 Å². The van der Waals surface area contributed by atoms with Gasteiger partial charge in [0.25, 0.3) is 5.56 Å². The van der Waals surface area contributed by atoms with Crippen molar-refractivity contribution in [3.8, 4) is 0 Å². The molecular weight excluding hydrogens is 270 g/mol. The van der Waals surface area contributed by atoms with Crippen LogP contribution in [0.5, 0.6) is 0 Å². The second kappa shape index (κ2) is 7.53. The van der Waals surface area contributed by atoms with Crippen LogP contribution in [-0.2, 0) is 6.54 Å². The molecule has 1 fully saturated rings. The fraction of sp³-hybridized carbons (Fsp3) is 0.714. The standard InChI is InChI=1S/C14H25N5O2/c1-3-15-10-13(20)11-19-14(21)8-12(9-16-19)18-6-4-17(2)5-7-18/h8-9,13,15,20H,3-7,10-11H2,1-2H3. The quantitative estimate of drug-likeness (QED) is 0.699. The molecule has 1 saturated heterocycles. The summed E-state index contributed by atoms with van der Waals surface area (Å²) < 4.78 is 1.32. The van der Waals surface area contributed by atoms with Gasteiger partial charge in [-0.05, 0) is 13.6 Å². The van der Waals surface area contributed by atoms with Gasteiger partial charge in [0.05, 0.1) is 24.5 Å². The SMILES string of the molecule is CCNCC(O)Cn1ncc(N2CCN(C)CC2)cc1=O. The zero-order chi connectivity index (χ0) is 15.2. The van der Waals surface area contributed by atoms with E-state index in [1.54, 1.807) is 12.3 Å². The minimum atomic E-state index is -0.607. The van der Waals surface area contributed by atoms with Crippen molar-refractivity contribution in [1.29, 1.82) is 0 Å². The number of aromatic nitrogens is 2. The fourth-order valence-electron chi connectivity index (χ4n) is 2.37. The first kappa shape index (κ1) is 15.9. The van der Waals surface area contributed by atoms with Gasteiger partial charge < -0.3 is 20.2 Å². The van der Waals surface area contributed by atoms with Gasteiger partial charge >= 0.3 is 0 Å². The predicted octanol–water partition coefficient (Wildman–Crippen LogP) is -1.03. The lowest BCUT2D eigenvalue weighted by molar-refractivity contribution is 0.145. The van der Waals surface area contributed by atoms with E-state index in [9.17, 15) is 9.90 Å². The Morgan fingerprint density at radius 2 is 2.10 bits per heavy atom. The maximum atomic E-state index is 12.1. The molecule has 21 heavy (non-hydrogen) atoms. The lowest BCUT2D eigenvalue weighted by Crippen LogP contribution is -2.45. The molecule has 2 heterocycles. The van der Waals surface area contributed by atoms with Crippen molar-refractivity contribution in [3.05, 3.63) is 22.6 Å². The number of hydrogen-bond acceptors (Lipinski definition) is 6. The maximum Gasteiger partial charge on any atom is 0.268 e. The Morgan fingerprint density at radius 3 is 2.71 bits per heavy atom. The summed E-state index contributed by atoms with van der Waals surface area (Å²) in [6.07, 6.45) is 1.11. The second-order valence-electron chi connectivity index (χ2n) is 5.49. The van der Waals surface area contributed by atoms with Gasteiger partial charge in [0.2, 0.25) is 0 Å². The molecule has 0 saturated carbocycles. The molecule has 0 aromatic carbocycles. The van der Waals surface area contributed by atoms with Gasteiger partial charge in [-0.25, -0.2) is 4.68 Å². The Bertz CT molecular complexity index is 496. The lowest BCUT2D eigenvalue weighted by atomic mass is 10.3. The van der Waals surface area contributed by atoms with E-state index in [4.69, 9.17) is 0 Å². The molecule has 1 atom stereocenters. The molecule has 0 spiro atoms. The summed E-state index contributed by atoms with van der Waals surface area (Å²) in [4.78, 5) is 16.5. The Hall–Kier alpha value is -1.44. The monoisotopic (exact) mass is 295 g/mol. The van der Waals surface area contributed by atoms with Crippen LogP contribution in [0.15, 0.2) is 17.1 Å². The Morgan fingerprint density at radius 1 is 1.38 bits per heavy atom. The summed E-state index contributed by atoms with van der Waals surface area (Å²) >= 11 is 0. The molecule has 2 N–H and O–H groups in total. The highest BCUT2D eigenvalue weighted by Gasteiger charge is 2.16. The summed E-state index contributed by atoms with van der Waals surface area (Å²) in [5.74, 6) is 0. The first-order valence-corrected chi connectivity index (χ1v) is 7.49. The molecule has 0 aliphatic carbocycles. The van der Waals surface area contributed by atoms with Crippen LogP contribution in [0.2, 0.25) is 0 Å². The lowest BCUT2D eigenvalue weighted by Gasteiger charge is -2.33. The van der Waals surface area contributed by atoms with Crippen molar-refractivity contribution >= 4 is 5.69 Å². The molecule has 0 radical (unpaired) electrons. The third-order valence-electron chi connectivity index (χ3n) is 3.74.